The molecule has 0 amide bonds. The Balaban J connectivity index is 2.58. The summed E-state index contributed by atoms with van der Waals surface area (Å²) < 4.78 is 6.40. The van der Waals surface area contributed by atoms with Gasteiger partial charge in [0.15, 0.2) is 5.82 Å². The van der Waals surface area contributed by atoms with Crippen molar-refractivity contribution in [1.29, 1.82) is 0 Å². The molecule has 0 saturated heterocycles. The van der Waals surface area contributed by atoms with Gasteiger partial charge >= 0.3 is 0 Å². The molecule has 0 saturated carbocycles. The summed E-state index contributed by atoms with van der Waals surface area (Å²) >= 11 is 5.98. The van der Waals surface area contributed by atoms with E-state index in [9.17, 15) is 4.79 Å². The number of benzene rings is 1. The van der Waals surface area contributed by atoms with Gasteiger partial charge in [0, 0.05) is 12.4 Å². The number of methoxy groups -OCH3 is 1. The second-order valence-corrected chi connectivity index (χ2v) is 3.71. The summed E-state index contributed by atoms with van der Waals surface area (Å²) in [5.74, 6) is 0.491. The largest absolute Gasteiger partial charge is 0.495 e. The summed E-state index contributed by atoms with van der Waals surface area (Å²) in [6.07, 6.45) is 2.98. The Morgan fingerprint density at radius 3 is 2.88 bits per heavy atom. The number of nitrogen functional groups attached to an aromatic ring is 1. The highest BCUT2D eigenvalue weighted by molar-refractivity contribution is 6.32. The number of hydrogen-bond acceptors (Lipinski definition) is 4. The fourth-order valence-corrected chi connectivity index (χ4v) is 1.69. The lowest BCUT2D eigenvalue weighted by Crippen LogP contribution is -2.21. The predicted molar refractivity (Wildman–Crippen MR) is 65.8 cm³/mol. The van der Waals surface area contributed by atoms with Gasteiger partial charge in [0.1, 0.15) is 5.75 Å². The zero-order valence-electron chi connectivity index (χ0n) is 9.05. The van der Waals surface area contributed by atoms with Crippen molar-refractivity contribution in [3.8, 4) is 11.4 Å². The van der Waals surface area contributed by atoms with Crippen LogP contribution in [-0.2, 0) is 0 Å². The van der Waals surface area contributed by atoms with Gasteiger partial charge in [-0.15, -0.1) is 0 Å². The fraction of sp³-hybridized carbons (Fsp3) is 0.0909. The lowest BCUT2D eigenvalue weighted by atomic mass is 10.3. The predicted octanol–water partition coefficient (Wildman–Crippen LogP) is 1.48. The van der Waals surface area contributed by atoms with E-state index in [0.29, 0.717) is 16.5 Å². The number of halogens is 1. The molecule has 0 fully saturated rings. The Hall–Kier alpha value is -2.01. The van der Waals surface area contributed by atoms with Gasteiger partial charge in [-0.1, -0.05) is 11.6 Å². The second kappa shape index (κ2) is 4.47. The monoisotopic (exact) mass is 251 g/mol. The summed E-state index contributed by atoms with van der Waals surface area (Å²) in [7, 11) is 1.53. The first-order valence-electron chi connectivity index (χ1n) is 4.80. The summed E-state index contributed by atoms with van der Waals surface area (Å²) in [5.41, 5.74) is 5.68. The second-order valence-electron chi connectivity index (χ2n) is 3.31. The molecule has 2 aromatic rings. The number of ether oxygens (including phenoxy) is 1. The summed E-state index contributed by atoms with van der Waals surface area (Å²) in [4.78, 5) is 15.4. The van der Waals surface area contributed by atoms with Crippen molar-refractivity contribution >= 4 is 17.4 Å². The molecule has 2 rings (SSSR count). The first kappa shape index (κ1) is 11.5. The molecule has 1 heterocycles. The molecule has 0 unspecified atom stereocenters. The smallest absolute Gasteiger partial charge is 0.297 e. The van der Waals surface area contributed by atoms with E-state index < -0.39 is 0 Å². The molecule has 0 bridgehead atoms. The third-order valence-electron chi connectivity index (χ3n) is 2.28. The van der Waals surface area contributed by atoms with Crippen molar-refractivity contribution in [3.05, 3.63) is 46.0 Å². The molecule has 0 spiro atoms. The van der Waals surface area contributed by atoms with E-state index in [1.165, 1.54) is 24.1 Å². The number of rotatable bonds is 2. The number of nitrogens with two attached hydrogens (primary N) is 1. The Bertz CT molecular complexity index is 610. The Labute approximate surface area is 102 Å². The molecular formula is C11H10ClN3O2. The lowest BCUT2D eigenvalue weighted by molar-refractivity contribution is 0.415. The van der Waals surface area contributed by atoms with Gasteiger partial charge < -0.3 is 10.5 Å². The van der Waals surface area contributed by atoms with Crippen molar-refractivity contribution < 1.29 is 4.74 Å². The van der Waals surface area contributed by atoms with Crippen LogP contribution in [0.3, 0.4) is 0 Å². The van der Waals surface area contributed by atoms with Crippen molar-refractivity contribution in [3.63, 3.8) is 0 Å². The minimum Gasteiger partial charge on any atom is -0.495 e. The maximum Gasteiger partial charge on any atom is 0.297 e. The number of anilines is 1. The van der Waals surface area contributed by atoms with Gasteiger partial charge in [0.25, 0.3) is 5.56 Å². The van der Waals surface area contributed by atoms with E-state index in [0.717, 1.165) is 0 Å². The van der Waals surface area contributed by atoms with E-state index in [2.05, 4.69) is 4.98 Å². The molecule has 0 atom stereocenters. The molecular weight excluding hydrogens is 242 g/mol. The summed E-state index contributed by atoms with van der Waals surface area (Å²) in [6, 6.07) is 5.02. The molecule has 0 aliphatic carbocycles. The van der Waals surface area contributed by atoms with Crippen LogP contribution in [0, 0.1) is 0 Å². The van der Waals surface area contributed by atoms with Crippen molar-refractivity contribution in [2.24, 2.45) is 0 Å². The maximum absolute atomic E-state index is 11.7. The van der Waals surface area contributed by atoms with Gasteiger partial charge in [-0.2, -0.15) is 0 Å². The minimum absolute atomic E-state index is 0.0561. The highest BCUT2D eigenvalue weighted by atomic mass is 35.5. The zero-order valence-corrected chi connectivity index (χ0v) is 9.81. The van der Waals surface area contributed by atoms with Crippen molar-refractivity contribution in [2.75, 3.05) is 12.8 Å². The van der Waals surface area contributed by atoms with Crippen LogP contribution in [0.2, 0.25) is 5.02 Å². The first-order valence-corrected chi connectivity index (χ1v) is 5.18. The van der Waals surface area contributed by atoms with E-state index in [4.69, 9.17) is 22.1 Å². The van der Waals surface area contributed by atoms with Gasteiger partial charge in [-0.25, -0.2) is 4.98 Å². The van der Waals surface area contributed by atoms with Crippen LogP contribution in [0.1, 0.15) is 0 Å². The van der Waals surface area contributed by atoms with Crippen molar-refractivity contribution in [1.82, 2.24) is 9.55 Å². The highest BCUT2D eigenvalue weighted by Crippen LogP contribution is 2.25. The van der Waals surface area contributed by atoms with Gasteiger partial charge in [-0.3, -0.25) is 9.36 Å². The molecule has 1 aromatic carbocycles. The van der Waals surface area contributed by atoms with Crippen LogP contribution < -0.4 is 16.0 Å². The molecule has 1 aromatic heterocycles. The molecule has 88 valence electrons. The first-order chi connectivity index (χ1) is 8.13. The molecule has 0 radical (unpaired) electrons. The van der Waals surface area contributed by atoms with Crippen LogP contribution in [0.15, 0.2) is 35.4 Å². The van der Waals surface area contributed by atoms with Crippen LogP contribution in [-0.4, -0.2) is 16.7 Å². The number of nitrogens with zero attached hydrogens (tertiary/aromatic N) is 2. The van der Waals surface area contributed by atoms with E-state index in [-0.39, 0.29) is 11.4 Å². The van der Waals surface area contributed by atoms with Crippen LogP contribution in [0.25, 0.3) is 5.69 Å². The zero-order chi connectivity index (χ0) is 12.4. The van der Waals surface area contributed by atoms with Gasteiger partial charge in [-0.05, 0) is 18.2 Å². The van der Waals surface area contributed by atoms with E-state index in [1.807, 2.05) is 0 Å². The Morgan fingerprint density at radius 2 is 2.24 bits per heavy atom. The molecule has 2 N–H and O–H groups in total. The molecule has 6 heteroatoms. The van der Waals surface area contributed by atoms with E-state index >= 15 is 0 Å². The molecule has 5 nitrogen and oxygen atoms in total. The number of aromatic nitrogens is 2. The topological polar surface area (TPSA) is 70.1 Å². The Morgan fingerprint density at radius 1 is 1.47 bits per heavy atom. The number of hydrogen-bond donors (Lipinski definition) is 1. The average molecular weight is 252 g/mol. The van der Waals surface area contributed by atoms with Crippen LogP contribution in [0.4, 0.5) is 5.82 Å². The average Bonchev–Trinajstić information content (AvgIpc) is 2.32. The van der Waals surface area contributed by atoms with Crippen molar-refractivity contribution in [2.45, 2.75) is 0 Å². The third-order valence-corrected chi connectivity index (χ3v) is 2.58. The molecule has 0 aliphatic rings. The third kappa shape index (κ3) is 2.09. The highest BCUT2D eigenvalue weighted by Gasteiger charge is 2.06. The summed E-state index contributed by atoms with van der Waals surface area (Å²) in [6.45, 7) is 0. The van der Waals surface area contributed by atoms with Crippen LogP contribution >= 0.6 is 11.6 Å². The standard InChI is InChI=1S/C11H10ClN3O2/c1-17-9-3-2-7(6-8(9)12)15-5-4-14-10(13)11(15)16/h2-6H,1H3,(H2,13,14). The minimum atomic E-state index is -0.381. The Kier molecular flexibility index (Phi) is 3.01. The maximum atomic E-state index is 11.7. The fourth-order valence-electron chi connectivity index (χ4n) is 1.44. The van der Waals surface area contributed by atoms with E-state index in [1.54, 1.807) is 18.2 Å². The van der Waals surface area contributed by atoms with Gasteiger partial charge in [0.2, 0.25) is 0 Å². The SMILES string of the molecule is COc1ccc(-n2ccnc(N)c2=O)cc1Cl. The van der Waals surface area contributed by atoms with Crippen LogP contribution in [0.5, 0.6) is 5.75 Å². The lowest BCUT2D eigenvalue weighted by Gasteiger charge is -2.08. The molecule has 0 aliphatic heterocycles. The normalized spacial score (nSPS) is 10.2. The van der Waals surface area contributed by atoms with Gasteiger partial charge in [0.05, 0.1) is 17.8 Å². The summed E-state index contributed by atoms with van der Waals surface area (Å²) in [5, 5.41) is 0.423. The molecule has 17 heavy (non-hydrogen) atoms. The quantitative estimate of drug-likeness (QED) is 0.878.